The smallest absolute Gasteiger partial charge is 0.228 e. The maximum atomic E-state index is 13.6. The summed E-state index contributed by atoms with van der Waals surface area (Å²) in [5.74, 6) is 4.37. The molecule has 0 radical (unpaired) electrons. The van der Waals surface area contributed by atoms with Gasteiger partial charge in [-0.3, -0.25) is 4.79 Å². The van der Waals surface area contributed by atoms with E-state index in [1.165, 1.54) is 43.5 Å². The summed E-state index contributed by atoms with van der Waals surface area (Å²) in [6.07, 6.45) is 7.84. The predicted octanol–water partition coefficient (Wildman–Crippen LogP) is 5.67. The quantitative estimate of drug-likeness (QED) is 0.538. The van der Waals surface area contributed by atoms with Gasteiger partial charge in [-0.05, 0) is 82.3 Å². The number of rotatable bonds is 7. The van der Waals surface area contributed by atoms with Crippen molar-refractivity contribution in [2.75, 3.05) is 11.9 Å². The average molecular weight is 463 g/mol. The number of carbonyl (C=O) groups is 1. The molecular formula is C28H38N4O2. The molecule has 6 rings (SSSR count). The number of nitrogens with one attached hydrogen (secondary N) is 1. The molecule has 6 heteroatoms. The number of hydrogen-bond acceptors (Lipinski definition) is 4. The van der Waals surface area contributed by atoms with Crippen molar-refractivity contribution < 1.29 is 9.53 Å². The van der Waals surface area contributed by atoms with Crippen LogP contribution < -0.4 is 5.32 Å². The number of ether oxygens (including phenoxy) is 1. The van der Waals surface area contributed by atoms with Crippen LogP contribution in [0.1, 0.15) is 99.4 Å². The lowest BCUT2D eigenvalue weighted by atomic mass is 9.71. The number of nitrogens with zero attached hydrogens (tertiary/aromatic N) is 3. The van der Waals surface area contributed by atoms with E-state index in [2.05, 4.69) is 49.7 Å². The fourth-order valence-electron chi connectivity index (χ4n) is 6.59. The fourth-order valence-corrected chi connectivity index (χ4v) is 6.59. The van der Waals surface area contributed by atoms with Crippen molar-refractivity contribution in [3.05, 3.63) is 41.0 Å². The number of aryl methyl sites for hydroxylation is 2. The molecule has 0 bridgehead atoms. The van der Waals surface area contributed by atoms with Crippen LogP contribution in [0.2, 0.25) is 0 Å². The third-order valence-electron chi connectivity index (χ3n) is 8.60. The molecule has 2 aromatic rings. The predicted molar refractivity (Wildman–Crippen MR) is 132 cm³/mol. The average Bonchev–Trinajstić information content (AvgIpc) is 3.65. The van der Waals surface area contributed by atoms with Gasteiger partial charge in [0.05, 0.1) is 18.1 Å². The van der Waals surface area contributed by atoms with Gasteiger partial charge in [0.25, 0.3) is 0 Å². The Labute approximate surface area is 202 Å². The molecule has 1 spiro atoms. The van der Waals surface area contributed by atoms with Gasteiger partial charge in [-0.2, -0.15) is 0 Å². The lowest BCUT2D eigenvalue weighted by Gasteiger charge is -2.36. The summed E-state index contributed by atoms with van der Waals surface area (Å²) in [5, 5.41) is 12.8. The number of anilines is 1. The molecule has 1 saturated heterocycles. The van der Waals surface area contributed by atoms with Crippen LogP contribution in [0.15, 0.2) is 18.2 Å². The van der Waals surface area contributed by atoms with Crippen molar-refractivity contribution in [1.29, 1.82) is 0 Å². The largest absolute Gasteiger partial charge is 0.370 e. The first-order chi connectivity index (χ1) is 16.3. The summed E-state index contributed by atoms with van der Waals surface area (Å²) < 4.78 is 8.35. The van der Waals surface area contributed by atoms with Gasteiger partial charge in [-0.1, -0.05) is 31.5 Å². The van der Waals surface area contributed by atoms with Crippen molar-refractivity contribution in [2.24, 2.45) is 17.8 Å². The number of aromatic nitrogens is 3. The first kappa shape index (κ1) is 22.3. The summed E-state index contributed by atoms with van der Waals surface area (Å²) in [6.45, 7) is 9.53. The van der Waals surface area contributed by atoms with Crippen LogP contribution in [0.3, 0.4) is 0 Å². The normalized spacial score (nSPS) is 32.3. The van der Waals surface area contributed by atoms with E-state index in [1.807, 2.05) is 6.07 Å². The van der Waals surface area contributed by atoms with Crippen molar-refractivity contribution in [2.45, 2.75) is 96.1 Å². The van der Waals surface area contributed by atoms with E-state index < -0.39 is 0 Å². The number of hydrogen-bond donors (Lipinski definition) is 1. The van der Waals surface area contributed by atoms with Gasteiger partial charge >= 0.3 is 0 Å². The Kier molecular flexibility index (Phi) is 5.36. The SMILES string of the molecule is Cc1ccc(NC(=O)[C@H]2CC3(CO3)C[C@@H]2c2nnc([C@H]3C[C@@H](CC(C)C)C3)n2C2CC2)c(C)c1. The Morgan fingerprint density at radius 3 is 2.56 bits per heavy atom. The zero-order chi connectivity index (χ0) is 23.6. The highest BCUT2D eigenvalue weighted by Crippen LogP contribution is 2.55. The van der Waals surface area contributed by atoms with Crippen LogP contribution in [0.4, 0.5) is 5.69 Å². The Morgan fingerprint density at radius 2 is 1.91 bits per heavy atom. The second-order valence-corrected chi connectivity index (χ2v) is 12.1. The molecule has 1 amide bonds. The standard InChI is InChI=1S/C28H38N4O2/c1-16(2)9-19-11-20(12-19)25-30-31-26(32(25)21-6-7-21)22-13-28(15-34-28)14-23(22)27(33)29-24-8-5-17(3)10-18(24)4/h5,8,10,16,19-23H,6-7,9,11-15H2,1-4H3,(H,29,33)/t19-,20+,22-,23-,28?/m0/s1. The van der Waals surface area contributed by atoms with E-state index >= 15 is 0 Å². The second-order valence-electron chi connectivity index (χ2n) is 12.1. The van der Waals surface area contributed by atoms with E-state index in [1.54, 1.807) is 0 Å². The first-order valence-electron chi connectivity index (χ1n) is 13.3. The van der Waals surface area contributed by atoms with E-state index in [4.69, 9.17) is 14.9 Å². The minimum atomic E-state index is -0.132. The van der Waals surface area contributed by atoms with E-state index in [9.17, 15) is 4.79 Å². The zero-order valence-corrected chi connectivity index (χ0v) is 21.0. The molecular weight excluding hydrogens is 424 g/mol. The number of amides is 1. The highest BCUT2D eigenvalue weighted by molar-refractivity contribution is 5.94. The summed E-state index contributed by atoms with van der Waals surface area (Å²) in [7, 11) is 0. The third-order valence-corrected chi connectivity index (χ3v) is 8.60. The Morgan fingerprint density at radius 1 is 1.18 bits per heavy atom. The summed E-state index contributed by atoms with van der Waals surface area (Å²) in [4.78, 5) is 13.6. The Hall–Kier alpha value is -2.21. The van der Waals surface area contributed by atoms with Crippen LogP contribution in [-0.2, 0) is 9.53 Å². The lowest BCUT2D eigenvalue weighted by molar-refractivity contribution is -0.120. The molecule has 1 N–H and O–H groups in total. The van der Waals surface area contributed by atoms with E-state index in [-0.39, 0.29) is 23.3 Å². The summed E-state index contributed by atoms with van der Waals surface area (Å²) in [5.41, 5.74) is 3.08. The number of benzene rings is 1. The van der Waals surface area contributed by atoms with Gasteiger partial charge in [0.1, 0.15) is 11.6 Å². The zero-order valence-electron chi connectivity index (χ0n) is 21.0. The van der Waals surface area contributed by atoms with Gasteiger partial charge < -0.3 is 14.6 Å². The molecule has 4 aliphatic rings. The summed E-state index contributed by atoms with van der Waals surface area (Å²) in [6, 6.07) is 6.71. The molecule has 1 aliphatic heterocycles. The molecule has 3 saturated carbocycles. The topological polar surface area (TPSA) is 72.3 Å². The van der Waals surface area contributed by atoms with Gasteiger partial charge in [-0.15, -0.1) is 10.2 Å². The molecule has 3 atom stereocenters. The molecule has 1 aromatic carbocycles. The minimum Gasteiger partial charge on any atom is -0.370 e. The third kappa shape index (κ3) is 4.08. The van der Waals surface area contributed by atoms with Crippen LogP contribution >= 0.6 is 0 Å². The lowest BCUT2D eigenvalue weighted by Crippen LogP contribution is -2.28. The summed E-state index contributed by atoms with van der Waals surface area (Å²) >= 11 is 0. The highest BCUT2D eigenvalue weighted by atomic mass is 16.6. The van der Waals surface area contributed by atoms with Crippen molar-refractivity contribution in [3.63, 3.8) is 0 Å². The van der Waals surface area contributed by atoms with E-state index in [0.717, 1.165) is 48.4 Å². The van der Waals surface area contributed by atoms with Crippen molar-refractivity contribution in [3.8, 4) is 0 Å². The molecule has 182 valence electrons. The van der Waals surface area contributed by atoms with Crippen LogP contribution in [0.25, 0.3) is 0 Å². The van der Waals surface area contributed by atoms with Crippen molar-refractivity contribution >= 4 is 11.6 Å². The molecule has 1 aromatic heterocycles. The highest BCUT2D eigenvalue weighted by Gasteiger charge is 2.58. The van der Waals surface area contributed by atoms with Gasteiger partial charge in [0, 0.05) is 23.6 Å². The molecule has 4 fully saturated rings. The molecule has 6 nitrogen and oxygen atoms in total. The Balaban J connectivity index is 1.25. The molecule has 2 heterocycles. The number of epoxide rings is 1. The van der Waals surface area contributed by atoms with Crippen molar-refractivity contribution in [1.82, 2.24) is 14.8 Å². The van der Waals surface area contributed by atoms with Crippen LogP contribution in [0.5, 0.6) is 0 Å². The van der Waals surface area contributed by atoms with Crippen LogP contribution in [0, 0.1) is 31.6 Å². The molecule has 3 aliphatic carbocycles. The van der Waals surface area contributed by atoms with E-state index in [0.29, 0.717) is 12.0 Å². The maximum absolute atomic E-state index is 13.6. The maximum Gasteiger partial charge on any atom is 0.228 e. The minimum absolute atomic E-state index is 0.0710. The first-order valence-corrected chi connectivity index (χ1v) is 13.3. The van der Waals surface area contributed by atoms with Gasteiger partial charge in [-0.25, -0.2) is 0 Å². The molecule has 34 heavy (non-hydrogen) atoms. The second kappa shape index (κ2) is 8.18. The molecule has 1 unspecified atom stereocenters. The Bertz CT molecular complexity index is 1090. The fraction of sp³-hybridized carbons (Fsp3) is 0.679. The van der Waals surface area contributed by atoms with Gasteiger partial charge in [0.15, 0.2) is 0 Å². The van der Waals surface area contributed by atoms with Gasteiger partial charge in [0.2, 0.25) is 5.91 Å². The number of carbonyl (C=O) groups excluding carboxylic acids is 1. The monoisotopic (exact) mass is 462 g/mol. The van der Waals surface area contributed by atoms with Crippen LogP contribution in [-0.4, -0.2) is 32.9 Å².